The second kappa shape index (κ2) is 8.27. The summed E-state index contributed by atoms with van der Waals surface area (Å²) in [5.41, 5.74) is 3.80. The van der Waals surface area contributed by atoms with Gasteiger partial charge in [-0.15, -0.1) is 0 Å². The van der Waals surface area contributed by atoms with Crippen LogP contribution in [0.15, 0.2) is 48.5 Å². The van der Waals surface area contributed by atoms with Gasteiger partial charge in [-0.25, -0.2) is 4.68 Å². The number of carbonyl (C=O) groups is 2. The third kappa shape index (κ3) is 4.07. The molecule has 0 aliphatic heterocycles. The summed E-state index contributed by atoms with van der Waals surface area (Å²) in [5, 5.41) is 10.00. The van der Waals surface area contributed by atoms with Crippen LogP contribution in [-0.4, -0.2) is 28.6 Å². The monoisotopic (exact) mass is 396 g/mol. The number of rotatable bonds is 5. The van der Waals surface area contributed by atoms with Crippen molar-refractivity contribution < 1.29 is 9.59 Å². The Morgan fingerprint density at radius 3 is 2.39 bits per heavy atom. The Kier molecular flexibility index (Phi) is 5.80. The van der Waals surface area contributed by atoms with Gasteiger partial charge in [0.1, 0.15) is 5.15 Å². The molecule has 0 unspecified atom stereocenters. The van der Waals surface area contributed by atoms with Crippen LogP contribution in [0.2, 0.25) is 5.15 Å². The van der Waals surface area contributed by atoms with Crippen LogP contribution >= 0.6 is 11.6 Å². The molecule has 0 bridgehead atoms. The van der Waals surface area contributed by atoms with Crippen LogP contribution in [0.5, 0.6) is 0 Å². The zero-order chi connectivity index (χ0) is 20.3. The Bertz CT molecular complexity index is 1030. The van der Waals surface area contributed by atoms with E-state index in [0.29, 0.717) is 29.1 Å². The number of hydrogen-bond donors (Lipinski definition) is 2. The van der Waals surface area contributed by atoms with Gasteiger partial charge >= 0.3 is 0 Å². The summed E-state index contributed by atoms with van der Waals surface area (Å²) in [7, 11) is 1.54. The molecule has 6 nitrogen and oxygen atoms in total. The van der Waals surface area contributed by atoms with Gasteiger partial charge in [-0.05, 0) is 31.5 Å². The number of para-hydroxylation sites is 1. The topological polar surface area (TPSA) is 76.0 Å². The summed E-state index contributed by atoms with van der Waals surface area (Å²) in [6.45, 7) is 4.22. The van der Waals surface area contributed by atoms with Gasteiger partial charge in [0.2, 0.25) is 0 Å². The first-order chi connectivity index (χ1) is 13.4. The highest BCUT2D eigenvalue weighted by atomic mass is 35.5. The third-order valence-corrected chi connectivity index (χ3v) is 4.78. The zero-order valence-electron chi connectivity index (χ0n) is 15.9. The average molecular weight is 397 g/mol. The molecule has 0 saturated heterocycles. The molecule has 7 heteroatoms. The minimum atomic E-state index is -0.408. The number of benzene rings is 2. The summed E-state index contributed by atoms with van der Waals surface area (Å²) >= 11 is 6.46. The van der Waals surface area contributed by atoms with Gasteiger partial charge < -0.3 is 10.6 Å². The van der Waals surface area contributed by atoms with E-state index in [4.69, 9.17) is 11.6 Å². The smallest absolute Gasteiger partial charge is 0.260 e. The van der Waals surface area contributed by atoms with E-state index in [-0.39, 0.29) is 11.1 Å². The molecule has 1 aromatic heterocycles. The van der Waals surface area contributed by atoms with Crippen molar-refractivity contribution in [3.63, 3.8) is 0 Å². The number of nitrogens with one attached hydrogen (secondary N) is 2. The fourth-order valence-electron chi connectivity index (χ4n) is 2.89. The first-order valence-electron chi connectivity index (χ1n) is 8.81. The Hall–Kier alpha value is -3.12. The highest BCUT2D eigenvalue weighted by Crippen LogP contribution is 2.23. The maximum Gasteiger partial charge on any atom is 0.260 e. The van der Waals surface area contributed by atoms with Gasteiger partial charge in [-0.3, -0.25) is 9.59 Å². The van der Waals surface area contributed by atoms with Gasteiger partial charge in [-0.2, -0.15) is 5.10 Å². The van der Waals surface area contributed by atoms with Crippen molar-refractivity contribution in [2.45, 2.75) is 20.4 Å². The van der Waals surface area contributed by atoms with Crippen LogP contribution in [0.4, 0.5) is 5.69 Å². The van der Waals surface area contributed by atoms with Gasteiger partial charge in [0.05, 0.1) is 29.1 Å². The Labute approximate surface area is 168 Å². The average Bonchev–Trinajstić information content (AvgIpc) is 2.96. The van der Waals surface area contributed by atoms with Crippen LogP contribution in [0, 0.1) is 13.8 Å². The second-order valence-electron chi connectivity index (χ2n) is 6.47. The number of carbonyl (C=O) groups excluding carboxylic acids is 2. The van der Waals surface area contributed by atoms with E-state index >= 15 is 0 Å². The molecule has 2 N–H and O–H groups in total. The molecule has 2 aromatic carbocycles. The van der Waals surface area contributed by atoms with Crippen LogP contribution < -0.4 is 10.6 Å². The first-order valence-corrected chi connectivity index (χ1v) is 9.19. The number of anilines is 1. The maximum atomic E-state index is 12.8. The number of aromatic nitrogens is 2. The lowest BCUT2D eigenvalue weighted by Crippen LogP contribution is -2.21. The molecule has 28 heavy (non-hydrogen) atoms. The lowest BCUT2D eigenvalue weighted by Gasteiger charge is -2.10. The largest absolute Gasteiger partial charge is 0.355 e. The van der Waals surface area contributed by atoms with E-state index < -0.39 is 5.91 Å². The van der Waals surface area contributed by atoms with Crippen molar-refractivity contribution in [1.29, 1.82) is 0 Å². The lowest BCUT2D eigenvalue weighted by molar-refractivity contribution is 0.0964. The van der Waals surface area contributed by atoms with Crippen molar-refractivity contribution in [2.24, 2.45) is 0 Å². The predicted octanol–water partition coefficient (Wildman–Crippen LogP) is 3.81. The quantitative estimate of drug-likeness (QED) is 0.688. The van der Waals surface area contributed by atoms with Gasteiger partial charge in [-0.1, -0.05) is 53.6 Å². The molecule has 144 valence electrons. The van der Waals surface area contributed by atoms with E-state index in [2.05, 4.69) is 15.7 Å². The molecular weight excluding hydrogens is 376 g/mol. The Balaban J connectivity index is 1.86. The fraction of sp³-hybridized carbons (Fsp3) is 0.190. The van der Waals surface area contributed by atoms with Gasteiger partial charge in [0, 0.05) is 7.05 Å². The maximum absolute atomic E-state index is 12.8. The van der Waals surface area contributed by atoms with E-state index in [0.717, 1.165) is 5.56 Å². The van der Waals surface area contributed by atoms with Crippen LogP contribution in [0.1, 0.15) is 37.5 Å². The fourth-order valence-corrected chi connectivity index (χ4v) is 3.21. The highest BCUT2D eigenvalue weighted by Gasteiger charge is 2.22. The molecule has 3 aromatic rings. The number of amides is 2. The minimum absolute atomic E-state index is 0.257. The Morgan fingerprint density at radius 1 is 1.04 bits per heavy atom. The van der Waals surface area contributed by atoms with Gasteiger partial charge in [0.25, 0.3) is 11.8 Å². The van der Waals surface area contributed by atoms with Crippen molar-refractivity contribution in [3.8, 4) is 0 Å². The van der Waals surface area contributed by atoms with E-state index in [9.17, 15) is 9.59 Å². The lowest BCUT2D eigenvalue weighted by atomic mass is 10.1. The number of halogens is 1. The first kappa shape index (κ1) is 19.6. The molecule has 0 atom stereocenters. The van der Waals surface area contributed by atoms with Crippen molar-refractivity contribution in [2.75, 3.05) is 12.4 Å². The summed E-state index contributed by atoms with van der Waals surface area (Å²) in [6, 6.07) is 14.8. The molecular formula is C21H21ClN4O2. The molecule has 0 aliphatic rings. The number of nitrogens with zero attached hydrogens (tertiary/aromatic N) is 2. The molecule has 0 saturated carbocycles. The molecule has 1 heterocycles. The summed E-state index contributed by atoms with van der Waals surface area (Å²) in [6.07, 6.45) is 0. The predicted molar refractivity (Wildman–Crippen MR) is 110 cm³/mol. The minimum Gasteiger partial charge on any atom is -0.355 e. The third-order valence-electron chi connectivity index (χ3n) is 4.39. The second-order valence-corrected chi connectivity index (χ2v) is 6.83. The van der Waals surface area contributed by atoms with Crippen molar-refractivity contribution in [1.82, 2.24) is 15.1 Å². The van der Waals surface area contributed by atoms with Crippen molar-refractivity contribution >= 4 is 29.1 Å². The molecule has 0 radical (unpaired) electrons. The highest BCUT2D eigenvalue weighted by molar-refractivity contribution is 6.33. The standard InChI is InChI=1S/C21H21ClN4O2/c1-13-8-10-15(11-9-13)12-26-19(22)18(14(2)25-26)21(28)24-17-7-5-4-6-16(17)20(27)23-3/h4-11H,12H2,1-3H3,(H,23,27)(H,24,28). The normalized spacial score (nSPS) is 10.6. The molecule has 0 aliphatic carbocycles. The van der Waals surface area contributed by atoms with Crippen LogP contribution in [0.25, 0.3) is 0 Å². The molecule has 0 fully saturated rings. The zero-order valence-corrected chi connectivity index (χ0v) is 16.7. The summed E-state index contributed by atoms with van der Waals surface area (Å²) < 4.78 is 1.60. The SMILES string of the molecule is CNC(=O)c1ccccc1NC(=O)c1c(C)nn(Cc2ccc(C)cc2)c1Cl. The molecule has 2 amide bonds. The Morgan fingerprint density at radius 2 is 1.71 bits per heavy atom. The van der Waals surface area contributed by atoms with Crippen molar-refractivity contribution in [3.05, 3.63) is 81.6 Å². The van der Waals surface area contributed by atoms with Crippen LogP contribution in [-0.2, 0) is 6.54 Å². The number of aryl methyl sites for hydroxylation is 2. The molecule has 3 rings (SSSR count). The molecule has 0 spiro atoms. The number of hydrogen-bond acceptors (Lipinski definition) is 3. The van der Waals surface area contributed by atoms with E-state index in [1.807, 2.05) is 31.2 Å². The summed E-state index contributed by atoms with van der Waals surface area (Å²) in [4.78, 5) is 24.9. The van der Waals surface area contributed by atoms with E-state index in [1.165, 1.54) is 12.6 Å². The van der Waals surface area contributed by atoms with E-state index in [1.54, 1.807) is 35.9 Å². The van der Waals surface area contributed by atoms with Gasteiger partial charge in [0.15, 0.2) is 0 Å². The van der Waals surface area contributed by atoms with Crippen LogP contribution in [0.3, 0.4) is 0 Å². The summed E-state index contributed by atoms with van der Waals surface area (Å²) in [5.74, 6) is -0.692.